The number of benzene rings is 2. The van der Waals surface area contributed by atoms with E-state index in [9.17, 15) is 13.2 Å². The molecule has 0 aliphatic carbocycles. The lowest BCUT2D eigenvalue weighted by Crippen LogP contribution is -2.05. The molecule has 5 heteroatoms. The van der Waals surface area contributed by atoms with Gasteiger partial charge in [-0.05, 0) is 35.7 Å². The number of hydrogen-bond donors (Lipinski definition) is 0. The maximum atomic E-state index is 12.5. The van der Waals surface area contributed by atoms with Crippen molar-refractivity contribution in [2.75, 3.05) is 0 Å². The van der Waals surface area contributed by atoms with Gasteiger partial charge in [-0.1, -0.05) is 46.3 Å². The summed E-state index contributed by atoms with van der Waals surface area (Å²) in [6.45, 7) is 0. The third-order valence-corrected chi connectivity index (χ3v) is 4.05. The molecular formula is C15H11BrClF3. The molecule has 2 aromatic rings. The van der Waals surface area contributed by atoms with Gasteiger partial charge in [0.1, 0.15) is 0 Å². The molecule has 2 aromatic carbocycles. The van der Waals surface area contributed by atoms with Gasteiger partial charge in [0.25, 0.3) is 0 Å². The molecule has 20 heavy (non-hydrogen) atoms. The van der Waals surface area contributed by atoms with Gasteiger partial charge in [-0.15, -0.1) is 11.6 Å². The van der Waals surface area contributed by atoms with E-state index >= 15 is 0 Å². The van der Waals surface area contributed by atoms with E-state index in [1.807, 2.05) is 24.3 Å². The number of alkyl halides is 4. The van der Waals surface area contributed by atoms with Gasteiger partial charge < -0.3 is 0 Å². The molecule has 0 aliphatic rings. The predicted molar refractivity (Wildman–Crippen MR) is 77.9 cm³/mol. The standard InChI is InChI=1S/C15H11BrClF3/c16-13-4-2-1-3-12(13)14(17)9-10-5-7-11(8-6-10)15(18,19)20/h1-8,14H,9H2. The maximum absolute atomic E-state index is 12.5. The Balaban J connectivity index is 2.13. The minimum Gasteiger partial charge on any atom is -0.166 e. The van der Waals surface area contributed by atoms with Crippen LogP contribution in [-0.2, 0) is 12.6 Å². The van der Waals surface area contributed by atoms with Crippen LogP contribution in [0.15, 0.2) is 53.0 Å². The van der Waals surface area contributed by atoms with E-state index in [0.717, 1.165) is 27.7 Å². The molecule has 0 saturated carbocycles. The van der Waals surface area contributed by atoms with E-state index in [1.165, 1.54) is 12.1 Å². The second-order valence-corrected chi connectivity index (χ2v) is 5.77. The topological polar surface area (TPSA) is 0 Å². The third kappa shape index (κ3) is 3.76. The Morgan fingerprint density at radius 1 is 1.00 bits per heavy atom. The summed E-state index contributed by atoms with van der Waals surface area (Å²) in [6.07, 6.45) is -3.83. The molecular weight excluding hydrogens is 353 g/mol. The molecule has 0 aromatic heterocycles. The van der Waals surface area contributed by atoms with E-state index in [1.54, 1.807) is 0 Å². The minimum atomic E-state index is -4.30. The zero-order chi connectivity index (χ0) is 14.8. The van der Waals surface area contributed by atoms with E-state index in [0.29, 0.717) is 6.42 Å². The molecule has 1 atom stereocenters. The third-order valence-electron chi connectivity index (χ3n) is 2.94. The van der Waals surface area contributed by atoms with Gasteiger partial charge in [0.15, 0.2) is 0 Å². The van der Waals surface area contributed by atoms with Crippen LogP contribution in [0.25, 0.3) is 0 Å². The summed E-state index contributed by atoms with van der Waals surface area (Å²) < 4.78 is 38.3. The molecule has 1 unspecified atom stereocenters. The lowest BCUT2D eigenvalue weighted by atomic mass is 10.0. The molecule has 0 saturated heterocycles. The zero-order valence-corrected chi connectivity index (χ0v) is 12.6. The minimum absolute atomic E-state index is 0.290. The Bertz CT molecular complexity index is 578. The highest BCUT2D eigenvalue weighted by Crippen LogP contribution is 2.32. The molecule has 0 amide bonds. The molecule has 2 rings (SSSR count). The normalized spacial score (nSPS) is 13.2. The van der Waals surface area contributed by atoms with Crippen LogP contribution in [0.1, 0.15) is 22.1 Å². The summed E-state index contributed by atoms with van der Waals surface area (Å²) in [5.41, 5.74) is 1.05. The van der Waals surface area contributed by atoms with Crippen LogP contribution < -0.4 is 0 Å². The molecule has 0 heterocycles. The van der Waals surface area contributed by atoms with Crippen molar-refractivity contribution >= 4 is 27.5 Å². The summed E-state index contributed by atoms with van der Waals surface area (Å²) in [5, 5.41) is -0.290. The van der Waals surface area contributed by atoms with E-state index in [-0.39, 0.29) is 5.38 Å². The van der Waals surface area contributed by atoms with E-state index in [4.69, 9.17) is 11.6 Å². The van der Waals surface area contributed by atoms with E-state index < -0.39 is 11.7 Å². The van der Waals surface area contributed by atoms with Crippen LogP contribution in [0, 0.1) is 0 Å². The van der Waals surface area contributed by atoms with Crippen molar-refractivity contribution in [2.24, 2.45) is 0 Å². The summed E-state index contributed by atoms with van der Waals surface area (Å²) in [6, 6.07) is 12.6. The largest absolute Gasteiger partial charge is 0.416 e. The Hall–Kier alpha value is -1.00. The number of hydrogen-bond acceptors (Lipinski definition) is 0. The first-order valence-corrected chi connectivity index (χ1v) is 7.15. The van der Waals surface area contributed by atoms with Gasteiger partial charge in [0.05, 0.1) is 10.9 Å². The van der Waals surface area contributed by atoms with Gasteiger partial charge in [-0.3, -0.25) is 0 Å². The summed E-state index contributed by atoms with van der Waals surface area (Å²) in [5.74, 6) is 0. The summed E-state index contributed by atoms with van der Waals surface area (Å²) in [4.78, 5) is 0. The van der Waals surface area contributed by atoms with Crippen molar-refractivity contribution < 1.29 is 13.2 Å². The smallest absolute Gasteiger partial charge is 0.166 e. The van der Waals surface area contributed by atoms with Gasteiger partial charge in [-0.2, -0.15) is 13.2 Å². The maximum Gasteiger partial charge on any atom is 0.416 e. The first-order chi connectivity index (χ1) is 9.38. The lowest BCUT2D eigenvalue weighted by molar-refractivity contribution is -0.137. The molecule has 0 radical (unpaired) electrons. The number of halogens is 5. The van der Waals surface area contributed by atoms with Crippen LogP contribution in [0.5, 0.6) is 0 Å². The van der Waals surface area contributed by atoms with Crippen LogP contribution in [-0.4, -0.2) is 0 Å². The second kappa shape index (κ2) is 6.19. The van der Waals surface area contributed by atoms with Crippen LogP contribution >= 0.6 is 27.5 Å². The first-order valence-electron chi connectivity index (χ1n) is 5.92. The SMILES string of the molecule is FC(F)(F)c1ccc(CC(Cl)c2ccccc2Br)cc1. The van der Waals surface area contributed by atoms with Gasteiger partial charge in [-0.25, -0.2) is 0 Å². The van der Waals surface area contributed by atoms with Gasteiger partial charge in [0, 0.05) is 4.47 Å². The van der Waals surface area contributed by atoms with Gasteiger partial charge >= 0.3 is 6.18 Å². The molecule has 0 bridgehead atoms. The fourth-order valence-corrected chi connectivity index (χ4v) is 2.94. The molecule has 0 aliphatic heterocycles. The van der Waals surface area contributed by atoms with Crippen LogP contribution in [0.4, 0.5) is 13.2 Å². The average Bonchev–Trinajstić information content (AvgIpc) is 2.38. The van der Waals surface area contributed by atoms with Crippen molar-refractivity contribution in [3.8, 4) is 0 Å². The molecule has 0 fully saturated rings. The summed E-state index contributed by atoms with van der Waals surface area (Å²) in [7, 11) is 0. The highest BCUT2D eigenvalue weighted by Gasteiger charge is 2.30. The first kappa shape index (κ1) is 15.4. The fourth-order valence-electron chi connectivity index (χ4n) is 1.88. The Morgan fingerprint density at radius 3 is 2.15 bits per heavy atom. The predicted octanol–water partition coefficient (Wildman–Crippen LogP) is 5.99. The molecule has 0 spiro atoms. The Morgan fingerprint density at radius 2 is 1.60 bits per heavy atom. The highest BCUT2D eigenvalue weighted by atomic mass is 79.9. The van der Waals surface area contributed by atoms with E-state index in [2.05, 4.69) is 15.9 Å². The van der Waals surface area contributed by atoms with Gasteiger partial charge in [0.2, 0.25) is 0 Å². The second-order valence-electron chi connectivity index (χ2n) is 4.39. The average molecular weight is 364 g/mol. The Labute approximate surface area is 128 Å². The lowest BCUT2D eigenvalue weighted by Gasteiger charge is -2.13. The summed E-state index contributed by atoms with van der Waals surface area (Å²) >= 11 is 9.74. The van der Waals surface area contributed by atoms with Crippen molar-refractivity contribution in [2.45, 2.75) is 18.0 Å². The zero-order valence-electron chi connectivity index (χ0n) is 10.3. The monoisotopic (exact) mass is 362 g/mol. The molecule has 0 N–H and O–H groups in total. The van der Waals surface area contributed by atoms with Crippen molar-refractivity contribution in [3.63, 3.8) is 0 Å². The molecule has 106 valence electrons. The number of rotatable bonds is 3. The quantitative estimate of drug-likeness (QED) is 0.588. The van der Waals surface area contributed by atoms with Crippen molar-refractivity contribution in [1.82, 2.24) is 0 Å². The van der Waals surface area contributed by atoms with Crippen molar-refractivity contribution in [3.05, 3.63) is 69.7 Å². The molecule has 0 nitrogen and oxygen atoms in total. The van der Waals surface area contributed by atoms with Crippen molar-refractivity contribution in [1.29, 1.82) is 0 Å². The highest BCUT2D eigenvalue weighted by molar-refractivity contribution is 9.10. The Kier molecular flexibility index (Phi) is 4.76. The van der Waals surface area contributed by atoms with Crippen LogP contribution in [0.3, 0.4) is 0 Å². The van der Waals surface area contributed by atoms with Crippen LogP contribution in [0.2, 0.25) is 0 Å². The fraction of sp³-hybridized carbons (Fsp3) is 0.200.